The van der Waals surface area contributed by atoms with Gasteiger partial charge in [0.25, 0.3) is 5.69 Å². The largest absolute Gasteiger partial charge is 0.454 e. The van der Waals surface area contributed by atoms with Crippen LogP contribution in [0.3, 0.4) is 0 Å². The highest BCUT2D eigenvalue weighted by Gasteiger charge is 2.17. The summed E-state index contributed by atoms with van der Waals surface area (Å²) in [4.78, 5) is 21.3. The first kappa shape index (κ1) is 15.9. The van der Waals surface area contributed by atoms with E-state index in [0.717, 1.165) is 0 Å². The first-order valence-electron chi connectivity index (χ1n) is 5.48. The monoisotopic (exact) mass is 433 g/mol. The van der Waals surface area contributed by atoms with Crippen LogP contribution < -0.4 is 4.74 Å². The molecule has 0 amide bonds. The van der Waals surface area contributed by atoms with Gasteiger partial charge in [0.2, 0.25) is 0 Å². The summed E-state index contributed by atoms with van der Waals surface area (Å²) in [5, 5.41) is 11.2. The van der Waals surface area contributed by atoms with Crippen LogP contribution in [0.4, 0.5) is 5.69 Å². The van der Waals surface area contributed by atoms with Gasteiger partial charge in [-0.2, -0.15) is 0 Å². The second kappa shape index (κ2) is 6.55. The highest BCUT2D eigenvalue weighted by Crippen LogP contribution is 2.40. The van der Waals surface area contributed by atoms with Crippen molar-refractivity contribution in [3.05, 3.63) is 60.0 Å². The van der Waals surface area contributed by atoms with Crippen molar-refractivity contribution in [2.75, 3.05) is 0 Å². The van der Waals surface area contributed by atoms with Crippen LogP contribution >= 0.6 is 43.5 Å². The second-order valence-corrected chi connectivity index (χ2v) is 6.04. The molecule has 2 aromatic carbocycles. The average molecular weight is 435 g/mol. The molecular weight excluding hydrogens is 429 g/mol. The highest BCUT2D eigenvalue weighted by atomic mass is 79.9. The number of nitro benzene ring substituents is 1. The molecular formula is C13H6Br2ClNO4. The second-order valence-electron chi connectivity index (χ2n) is 3.90. The zero-order valence-electron chi connectivity index (χ0n) is 10.2. The quantitative estimate of drug-likeness (QED) is 0.367. The molecule has 108 valence electrons. The molecule has 2 aromatic rings. The minimum atomic E-state index is -0.518. The van der Waals surface area contributed by atoms with E-state index in [-0.39, 0.29) is 11.4 Å². The molecule has 0 aliphatic rings. The van der Waals surface area contributed by atoms with Gasteiger partial charge in [0, 0.05) is 23.2 Å². The number of carbonyl (C=O) groups excluding carboxylic acids is 1. The van der Waals surface area contributed by atoms with Crippen LogP contribution in [0, 0.1) is 10.1 Å². The number of hydrogen-bond acceptors (Lipinski definition) is 4. The number of rotatable bonds is 4. The fraction of sp³-hybridized carbons (Fsp3) is 0. The Balaban J connectivity index is 2.47. The SMILES string of the molecule is O=Cc1ccc(Cl)cc1Oc1c(Br)cc([N+](=O)[O-])cc1Br. The smallest absolute Gasteiger partial charge is 0.271 e. The predicted molar refractivity (Wildman–Crippen MR) is 85.4 cm³/mol. The minimum Gasteiger partial charge on any atom is -0.454 e. The zero-order chi connectivity index (χ0) is 15.6. The van der Waals surface area contributed by atoms with Gasteiger partial charge < -0.3 is 4.74 Å². The van der Waals surface area contributed by atoms with Crippen LogP contribution in [0.25, 0.3) is 0 Å². The van der Waals surface area contributed by atoms with Crippen molar-refractivity contribution in [1.82, 2.24) is 0 Å². The highest BCUT2D eigenvalue weighted by molar-refractivity contribution is 9.11. The molecule has 0 bridgehead atoms. The van der Waals surface area contributed by atoms with Gasteiger partial charge in [-0.05, 0) is 44.0 Å². The number of nitrogens with zero attached hydrogens (tertiary/aromatic N) is 1. The number of non-ortho nitro benzene ring substituents is 1. The molecule has 8 heteroatoms. The Morgan fingerprint density at radius 3 is 2.33 bits per heavy atom. The standard InChI is InChI=1S/C13H6Br2ClNO4/c14-10-4-9(17(19)20)5-11(15)13(10)21-12-3-8(16)2-1-7(12)6-18/h1-6H. The lowest BCUT2D eigenvalue weighted by molar-refractivity contribution is -0.385. The van der Waals surface area contributed by atoms with Crippen molar-refractivity contribution in [3.8, 4) is 11.5 Å². The molecule has 5 nitrogen and oxygen atoms in total. The van der Waals surface area contributed by atoms with Gasteiger partial charge in [-0.3, -0.25) is 14.9 Å². The molecule has 0 aliphatic carbocycles. The maximum atomic E-state index is 11.0. The summed E-state index contributed by atoms with van der Waals surface area (Å²) in [6.45, 7) is 0. The van der Waals surface area contributed by atoms with E-state index in [1.807, 2.05) is 0 Å². The van der Waals surface area contributed by atoms with E-state index in [2.05, 4.69) is 31.9 Å². The summed E-state index contributed by atoms with van der Waals surface area (Å²) in [5.41, 5.74) is 0.222. The first-order valence-corrected chi connectivity index (χ1v) is 7.45. The number of ether oxygens (including phenoxy) is 1. The summed E-state index contributed by atoms with van der Waals surface area (Å²) in [6.07, 6.45) is 0.638. The average Bonchev–Trinajstić information content (AvgIpc) is 2.42. The van der Waals surface area contributed by atoms with Crippen LogP contribution in [0.1, 0.15) is 10.4 Å². The molecule has 0 atom stereocenters. The lowest BCUT2D eigenvalue weighted by Crippen LogP contribution is -1.94. The summed E-state index contributed by atoms with van der Waals surface area (Å²) in [6, 6.07) is 7.21. The van der Waals surface area contributed by atoms with Crippen LogP contribution in [0.15, 0.2) is 39.3 Å². The number of benzene rings is 2. The Labute approximate surface area is 141 Å². The normalized spacial score (nSPS) is 10.2. The molecule has 2 rings (SSSR count). The van der Waals surface area contributed by atoms with Crippen molar-refractivity contribution in [2.24, 2.45) is 0 Å². The molecule has 0 saturated heterocycles. The summed E-state index contributed by atoms with van der Waals surface area (Å²) in [7, 11) is 0. The van der Waals surface area contributed by atoms with Crippen molar-refractivity contribution in [3.63, 3.8) is 0 Å². The fourth-order valence-corrected chi connectivity index (χ4v) is 3.04. The maximum absolute atomic E-state index is 11.0. The third-order valence-corrected chi connectivity index (χ3v) is 3.92. The lowest BCUT2D eigenvalue weighted by Gasteiger charge is -2.11. The molecule has 0 radical (unpaired) electrons. The molecule has 0 saturated carbocycles. The summed E-state index contributed by atoms with van der Waals surface area (Å²) in [5.74, 6) is 0.568. The third kappa shape index (κ3) is 3.61. The fourth-order valence-electron chi connectivity index (χ4n) is 1.55. The van der Waals surface area contributed by atoms with Crippen molar-refractivity contribution >= 4 is 55.4 Å². The Hall–Kier alpha value is -1.44. The number of halogens is 3. The van der Waals surface area contributed by atoms with Gasteiger partial charge in [0.05, 0.1) is 19.4 Å². The topological polar surface area (TPSA) is 69.4 Å². The number of hydrogen-bond donors (Lipinski definition) is 0. The Bertz CT molecular complexity index is 713. The van der Waals surface area contributed by atoms with E-state index < -0.39 is 4.92 Å². The predicted octanol–water partition coefficient (Wildman–Crippen LogP) is 5.38. The molecule has 0 aromatic heterocycles. The van der Waals surface area contributed by atoms with E-state index in [9.17, 15) is 14.9 Å². The van der Waals surface area contributed by atoms with Crippen LogP contribution in [0.2, 0.25) is 5.02 Å². The molecule has 0 aliphatic heterocycles. The van der Waals surface area contributed by atoms with Crippen molar-refractivity contribution < 1.29 is 14.5 Å². The Morgan fingerprint density at radius 2 is 1.81 bits per heavy atom. The third-order valence-electron chi connectivity index (χ3n) is 2.51. The van der Waals surface area contributed by atoms with Gasteiger partial charge in [0.15, 0.2) is 12.0 Å². The van der Waals surface area contributed by atoms with Gasteiger partial charge in [0.1, 0.15) is 5.75 Å². The van der Waals surface area contributed by atoms with Crippen LogP contribution in [-0.4, -0.2) is 11.2 Å². The molecule has 21 heavy (non-hydrogen) atoms. The summed E-state index contributed by atoms with van der Waals surface area (Å²) < 4.78 is 6.40. The van der Waals surface area contributed by atoms with Gasteiger partial charge in [-0.25, -0.2) is 0 Å². The van der Waals surface area contributed by atoms with Crippen molar-refractivity contribution in [1.29, 1.82) is 0 Å². The molecule has 0 spiro atoms. The van der Waals surface area contributed by atoms with E-state index in [4.69, 9.17) is 16.3 Å². The molecule has 0 N–H and O–H groups in total. The van der Waals surface area contributed by atoms with Crippen LogP contribution in [-0.2, 0) is 0 Å². The van der Waals surface area contributed by atoms with E-state index in [1.54, 1.807) is 6.07 Å². The summed E-state index contributed by atoms with van der Waals surface area (Å²) >= 11 is 12.3. The van der Waals surface area contributed by atoms with Gasteiger partial charge in [-0.15, -0.1) is 0 Å². The number of nitro groups is 1. The molecule has 0 unspecified atom stereocenters. The van der Waals surface area contributed by atoms with Crippen molar-refractivity contribution in [2.45, 2.75) is 0 Å². The van der Waals surface area contributed by atoms with Gasteiger partial charge in [-0.1, -0.05) is 11.6 Å². The van der Waals surface area contributed by atoms with E-state index >= 15 is 0 Å². The molecule has 0 fully saturated rings. The Morgan fingerprint density at radius 1 is 1.19 bits per heavy atom. The molecule has 0 heterocycles. The van der Waals surface area contributed by atoms with Gasteiger partial charge >= 0.3 is 0 Å². The van der Waals surface area contributed by atoms with E-state index in [0.29, 0.717) is 31.6 Å². The maximum Gasteiger partial charge on any atom is 0.271 e. The number of carbonyl (C=O) groups is 1. The zero-order valence-corrected chi connectivity index (χ0v) is 14.1. The van der Waals surface area contributed by atoms with Crippen LogP contribution in [0.5, 0.6) is 11.5 Å². The Kier molecular flexibility index (Phi) is 4.97. The van der Waals surface area contributed by atoms with E-state index in [1.165, 1.54) is 24.3 Å². The first-order chi connectivity index (χ1) is 9.92. The minimum absolute atomic E-state index is 0.0946. The number of aldehydes is 1. The lowest BCUT2D eigenvalue weighted by atomic mass is 10.2.